The molecule has 0 fully saturated rings. The number of carboxylic acids is 1. The van der Waals surface area contributed by atoms with Gasteiger partial charge in [0.15, 0.2) is 4.34 Å². The molecular formula is C10H14N6O2S2. The Balaban J connectivity index is 1.98. The summed E-state index contributed by atoms with van der Waals surface area (Å²) in [5, 5.41) is 21.0. The third kappa shape index (κ3) is 3.99. The van der Waals surface area contributed by atoms with E-state index in [1.165, 1.54) is 18.0 Å². The summed E-state index contributed by atoms with van der Waals surface area (Å²) in [6.07, 6.45) is 2.28. The van der Waals surface area contributed by atoms with Gasteiger partial charge in [0.2, 0.25) is 5.16 Å². The number of tetrazole rings is 1. The Morgan fingerprint density at radius 3 is 3.00 bits per heavy atom. The van der Waals surface area contributed by atoms with Crippen LogP contribution in [0.25, 0.3) is 0 Å². The van der Waals surface area contributed by atoms with Gasteiger partial charge in [-0.25, -0.2) is 14.5 Å². The highest BCUT2D eigenvalue weighted by atomic mass is 32.2. The van der Waals surface area contributed by atoms with E-state index in [0.717, 1.165) is 24.3 Å². The van der Waals surface area contributed by atoms with E-state index in [2.05, 4.69) is 25.4 Å². The van der Waals surface area contributed by atoms with Crippen LogP contribution in [0.4, 0.5) is 0 Å². The van der Waals surface area contributed by atoms with Crippen molar-refractivity contribution in [1.82, 2.24) is 30.1 Å². The number of nitrogens with zero attached hydrogens (tertiary/aromatic N) is 6. The monoisotopic (exact) mass is 314 g/mol. The van der Waals surface area contributed by atoms with E-state index in [0.29, 0.717) is 16.0 Å². The molecule has 2 rings (SSSR count). The van der Waals surface area contributed by atoms with E-state index >= 15 is 0 Å². The fourth-order valence-corrected chi connectivity index (χ4v) is 3.15. The number of aryl methyl sites for hydroxylation is 1. The second kappa shape index (κ2) is 6.77. The Hall–Kier alpha value is -1.52. The number of hydrogen-bond donors (Lipinski definition) is 1. The fourth-order valence-electron chi connectivity index (χ4n) is 1.43. The summed E-state index contributed by atoms with van der Waals surface area (Å²) in [7, 11) is 4.02. The van der Waals surface area contributed by atoms with Crippen LogP contribution in [0.5, 0.6) is 0 Å². The number of aromatic nitrogens is 5. The van der Waals surface area contributed by atoms with Crippen molar-refractivity contribution < 1.29 is 9.90 Å². The molecule has 8 nitrogen and oxygen atoms in total. The molecule has 2 aromatic rings. The van der Waals surface area contributed by atoms with Crippen molar-refractivity contribution in [2.45, 2.75) is 22.5 Å². The van der Waals surface area contributed by atoms with Crippen LogP contribution in [-0.2, 0) is 6.54 Å². The van der Waals surface area contributed by atoms with Gasteiger partial charge in [0, 0.05) is 6.54 Å². The van der Waals surface area contributed by atoms with Gasteiger partial charge in [-0.05, 0) is 49.2 Å². The average Bonchev–Trinajstić information content (AvgIpc) is 2.99. The Morgan fingerprint density at radius 2 is 2.35 bits per heavy atom. The highest BCUT2D eigenvalue weighted by Gasteiger charge is 2.13. The largest absolute Gasteiger partial charge is 0.477 e. The molecular weight excluding hydrogens is 300 g/mol. The zero-order chi connectivity index (χ0) is 14.5. The Kier molecular flexibility index (Phi) is 5.04. The first kappa shape index (κ1) is 14.9. The minimum atomic E-state index is -0.972. The van der Waals surface area contributed by atoms with Gasteiger partial charge in [0.1, 0.15) is 4.88 Å². The van der Waals surface area contributed by atoms with E-state index in [1.54, 1.807) is 4.68 Å². The van der Waals surface area contributed by atoms with Gasteiger partial charge in [-0.2, -0.15) is 0 Å². The minimum Gasteiger partial charge on any atom is -0.477 e. The zero-order valence-corrected chi connectivity index (χ0v) is 12.7. The third-order valence-electron chi connectivity index (χ3n) is 2.35. The Morgan fingerprint density at radius 1 is 1.55 bits per heavy atom. The normalized spacial score (nSPS) is 11.2. The molecule has 0 bridgehead atoms. The standard InChI is InChI=1S/C10H14N6O2S2/c1-15(2)4-3-5-16-9(12-13-14-16)20-10-11-6-7(19-10)8(17)18/h6H,3-5H2,1-2H3,(H,17,18). The second-order valence-electron chi connectivity index (χ2n) is 4.24. The molecule has 0 radical (unpaired) electrons. The molecule has 20 heavy (non-hydrogen) atoms. The molecule has 108 valence electrons. The predicted octanol–water partition coefficient (Wildman–Crippen LogP) is 0.931. The van der Waals surface area contributed by atoms with Crippen molar-refractivity contribution in [3.63, 3.8) is 0 Å². The van der Waals surface area contributed by atoms with Crippen LogP contribution in [0.3, 0.4) is 0 Å². The van der Waals surface area contributed by atoms with Crippen LogP contribution in [-0.4, -0.2) is 61.8 Å². The summed E-state index contributed by atoms with van der Waals surface area (Å²) in [4.78, 5) is 17.1. The molecule has 10 heteroatoms. The first-order chi connectivity index (χ1) is 9.56. The maximum atomic E-state index is 10.8. The lowest BCUT2D eigenvalue weighted by Gasteiger charge is -2.08. The molecule has 0 spiro atoms. The van der Waals surface area contributed by atoms with E-state index in [4.69, 9.17) is 5.11 Å². The molecule has 2 aromatic heterocycles. The van der Waals surface area contributed by atoms with E-state index in [-0.39, 0.29) is 4.88 Å². The quantitative estimate of drug-likeness (QED) is 0.806. The molecule has 0 unspecified atom stereocenters. The van der Waals surface area contributed by atoms with Crippen LogP contribution in [0.2, 0.25) is 0 Å². The van der Waals surface area contributed by atoms with Gasteiger partial charge < -0.3 is 10.0 Å². The molecule has 0 aliphatic carbocycles. The van der Waals surface area contributed by atoms with Gasteiger partial charge in [-0.3, -0.25) is 0 Å². The summed E-state index contributed by atoms with van der Waals surface area (Å²) in [6, 6.07) is 0. The van der Waals surface area contributed by atoms with Crippen molar-refractivity contribution >= 4 is 29.1 Å². The summed E-state index contributed by atoms with van der Waals surface area (Å²) in [5.41, 5.74) is 0. The summed E-state index contributed by atoms with van der Waals surface area (Å²) in [5.74, 6) is -0.972. The highest BCUT2D eigenvalue weighted by Crippen LogP contribution is 2.29. The highest BCUT2D eigenvalue weighted by molar-refractivity contribution is 8.00. The molecule has 0 aromatic carbocycles. The summed E-state index contributed by atoms with van der Waals surface area (Å²) < 4.78 is 2.32. The maximum Gasteiger partial charge on any atom is 0.347 e. The van der Waals surface area contributed by atoms with Crippen LogP contribution in [0.15, 0.2) is 15.7 Å². The average molecular weight is 314 g/mol. The van der Waals surface area contributed by atoms with Crippen molar-refractivity contribution in [2.24, 2.45) is 0 Å². The number of carbonyl (C=O) groups is 1. The molecule has 0 aliphatic rings. The van der Waals surface area contributed by atoms with Crippen LogP contribution < -0.4 is 0 Å². The van der Waals surface area contributed by atoms with Gasteiger partial charge in [-0.15, -0.1) is 16.4 Å². The first-order valence-corrected chi connectivity index (χ1v) is 7.47. The number of thiazole rings is 1. The van der Waals surface area contributed by atoms with Crippen molar-refractivity contribution in [1.29, 1.82) is 0 Å². The third-order valence-corrected chi connectivity index (χ3v) is 4.38. The molecule has 0 amide bonds. The Labute approximate surface area is 123 Å². The van der Waals surface area contributed by atoms with Gasteiger partial charge in [0.05, 0.1) is 6.20 Å². The number of carboxylic acid groups (broad SMARTS) is 1. The second-order valence-corrected chi connectivity index (χ2v) is 6.48. The van der Waals surface area contributed by atoms with Crippen molar-refractivity contribution in [3.05, 3.63) is 11.1 Å². The van der Waals surface area contributed by atoms with Crippen LogP contribution in [0, 0.1) is 0 Å². The molecule has 0 aliphatic heterocycles. The van der Waals surface area contributed by atoms with E-state index in [9.17, 15) is 4.79 Å². The van der Waals surface area contributed by atoms with Gasteiger partial charge in [0.25, 0.3) is 0 Å². The SMILES string of the molecule is CN(C)CCCn1nnnc1Sc1ncc(C(=O)O)s1. The van der Waals surface area contributed by atoms with Gasteiger partial charge in [-0.1, -0.05) is 0 Å². The molecule has 0 saturated carbocycles. The predicted molar refractivity (Wildman–Crippen MR) is 74.2 cm³/mol. The topological polar surface area (TPSA) is 97.0 Å². The molecule has 0 atom stereocenters. The van der Waals surface area contributed by atoms with E-state index < -0.39 is 5.97 Å². The van der Waals surface area contributed by atoms with Crippen LogP contribution >= 0.6 is 23.1 Å². The lowest BCUT2D eigenvalue weighted by Crippen LogP contribution is -2.15. The van der Waals surface area contributed by atoms with Crippen molar-refractivity contribution in [2.75, 3.05) is 20.6 Å². The fraction of sp³-hybridized carbons (Fsp3) is 0.500. The smallest absolute Gasteiger partial charge is 0.347 e. The lowest BCUT2D eigenvalue weighted by atomic mass is 10.4. The van der Waals surface area contributed by atoms with Crippen molar-refractivity contribution in [3.8, 4) is 0 Å². The summed E-state index contributed by atoms with van der Waals surface area (Å²) in [6.45, 7) is 1.66. The number of rotatable bonds is 7. The van der Waals surface area contributed by atoms with E-state index in [1.807, 2.05) is 14.1 Å². The minimum absolute atomic E-state index is 0.208. The number of aromatic carboxylic acids is 1. The van der Waals surface area contributed by atoms with Gasteiger partial charge >= 0.3 is 5.97 Å². The zero-order valence-electron chi connectivity index (χ0n) is 11.1. The summed E-state index contributed by atoms with van der Waals surface area (Å²) >= 11 is 2.39. The Bertz CT molecular complexity index is 582. The first-order valence-electron chi connectivity index (χ1n) is 5.84. The lowest BCUT2D eigenvalue weighted by molar-refractivity contribution is 0.0702. The van der Waals surface area contributed by atoms with Crippen LogP contribution in [0.1, 0.15) is 16.1 Å². The molecule has 1 N–H and O–H groups in total. The molecule has 2 heterocycles. The molecule has 0 saturated heterocycles. The maximum absolute atomic E-state index is 10.8. The number of hydrogen-bond acceptors (Lipinski definition) is 8.